The summed E-state index contributed by atoms with van der Waals surface area (Å²) in [5.74, 6) is -0.881. The van der Waals surface area contributed by atoms with Crippen molar-refractivity contribution in [2.45, 2.75) is 19.1 Å². The Labute approximate surface area is 128 Å². The van der Waals surface area contributed by atoms with E-state index in [4.69, 9.17) is 0 Å². The molecule has 1 saturated heterocycles. The summed E-state index contributed by atoms with van der Waals surface area (Å²) < 4.78 is 36.4. The summed E-state index contributed by atoms with van der Waals surface area (Å²) in [6, 6.07) is -0.942. The van der Waals surface area contributed by atoms with Crippen molar-refractivity contribution in [1.82, 2.24) is 20.2 Å². The highest BCUT2D eigenvalue weighted by molar-refractivity contribution is 7.99. The van der Waals surface area contributed by atoms with E-state index >= 15 is 0 Å². The van der Waals surface area contributed by atoms with Crippen LogP contribution in [0.5, 0.6) is 0 Å². The topological polar surface area (TPSA) is 75.2 Å². The molecule has 0 radical (unpaired) electrons. The molecule has 6 nitrogen and oxygen atoms in total. The van der Waals surface area contributed by atoms with Crippen LogP contribution in [0.1, 0.15) is 16.2 Å². The van der Waals surface area contributed by atoms with Crippen LogP contribution in [0.15, 0.2) is 12.4 Å². The highest BCUT2D eigenvalue weighted by Crippen LogP contribution is 2.23. The summed E-state index contributed by atoms with van der Waals surface area (Å²) >= 11 is 1.29. The molecule has 22 heavy (non-hydrogen) atoms. The zero-order chi connectivity index (χ0) is 16.3. The van der Waals surface area contributed by atoms with Crippen molar-refractivity contribution < 1.29 is 22.8 Å². The second-order valence-corrected chi connectivity index (χ2v) is 5.67. The maximum atomic E-state index is 12.3. The first kappa shape index (κ1) is 16.5. The molecule has 2 amide bonds. The molecule has 2 heterocycles. The lowest BCUT2D eigenvalue weighted by molar-refractivity contribution is -0.140. The van der Waals surface area contributed by atoms with Crippen LogP contribution >= 0.6 is 11.8 Å². The van der Waals surface area contributed by atoms with E-state index in [1.54, 1.807) is 12.2 Å². The third-order valence-electron chi connectivity index (χ3n) is 2.91. The number of aromatic nitrogens is 2. The van der Waals surface area contributed by atoms with Gasteiger partial charge in [0.25, 0.3) is 5.91 Å². The fourth-order valence-corrected chi connectivity index (χ4v) is 2.97. The van der Waals surface area contributed by atoms with Gasteiger partial charge in [0.2, 0.25) is 5.91 Å². The Kier molecular flexibility index (Phi) is 4.89. The summed E-state index contributed by atoms with van der Waals surface area (Å²) in [6.45, 7) is 0.291. The minimum absolute atomic E-state index is 0.0571. The van der Waals surface area contributed by atoms with Crippen molar-refractivity contribution in [2.24, 2.45) is 0 Å². The molecule has 0 aromatic carbocycles. The first-order valence-electron chi connectivity index (χ1n) is 6.30. The lowest BCUT2D eigenvalue weighted by Crippen LogP contribution is -2.49. The quantitative estimate of drug-likeness (QED) is 0.892. The van der Waals surface area contributed by atoms with E-state index in [-0.39, 0.29) is 17.3 Å². The molecule has 0 spiro atoms. The summed E-state index contributed by atoms with van der Waals surface area (Å²) in [5.41, 5.74) is 0.688. The van der Waals surface area contributed by atoms with E-state index in [9.17, 15) is 22.8 Å². The number of amides is 2. The number of carbonyl (C=O) groups is 2. The van der Waals surface area contributed by atoms with Crippen LogP contribution < -0.4 is 5.32 Å². The molecule has 2 rings (SSSR count). The lowest BCUT2D eigenvalue weighted by atomic mass is 10.2. The number of thioether (sulfide) groups is 1. The molecular formula is C12H13F3N4O2S. The maximum absolute atomic E-state index is 12.3. The molecule has 1 aromatic rings. The molecule has 10 heteroatoms. The molecule has 0 aliphatic carbocycles. The predicted molar refractivity (Wildman–Crippen MR) is 73.1 cm³/mol. The summed E-state index contributed by atoms with van der Waals surface area (Å²) in [5, 5.41) is 1.80. The average molecular weight is 334 g/mol. The van der Waals surface area contributed by atoms with E-state index in [1.807, 2.05) is 0 Å². The van der Waals surface area contributed by atoms with Crippen molar-refractivity contribution in [3.63, 3.8) is 0 Å². The van der Waals surface area contributed by atoms with Crippen molar-refractivity contribution in [2.75, 3.05) is 18.2 Å². The number of nitrogens with zero attached hydrogens (tertiary/aromatic N) is 3. The highest BCUT2D eigenvalue weighted by atomic mass is 32.2. The number of hydrogen-bond donors (Lipinski definition) is 1. The molecule has 1 atom stereocenters. The van der Waals surface area contributed by atoms with Gasteiger partial charge in [-0.25, -0.2) is 4.98 Å². The zero-order valence-electron chi connectivity index (χ0n) is 11.6. The van der Waals surface area contributed by atoms with Crippen molar-refractivity contribution in [1.29, 1.82) is 0 Å². The van der Waals surface area contributed by atoms with Gasteiger partial charge in [-0.1, -0.05) is 0 Å². The van der Waals surface area contributed by atoms with Crippen molar-refractivity contribution in [3.05, 3.63) is 23.8 Å². The van der Waals surface area contributed by atoms with E-state index < -0.39 is 30.6 Å². The average Bonchev–Trinajstić information content (AvgIpc) is 2.93. The van der Waals surface area contributed by atoms with Gasteiger partial charge in [-0.15, -0.1) is 11.8 Å². The fraction of sp³-hybridized carbons (Fsp3) is 0.500. The van der Waals surface area contributed by atoms with Gasteiger partial charge < -0.3 is 10.2 Å². The predicted octanol–water partition coefficient (Wildman–Crippen LogP) is 0.979. The number of nitrogens with one attached hydrogen (secondary N) is 1. The van der Waals surface area contributed by atoms with Crippen LogP contribution in [0.4, 0.5) is 13.2 Å². The second-order valence-electron chi connectivity index (χ2n) is 4.67. The van der Waals surface area contributed by atoms with Crippen LogP contribution in [0.25, 0.3) is 0 Å². The van der Waals surface area contributed by atoms with Crippen molar-refractivity contribution in [3.8, 4) is 0 Å². The molecule has 1 aliphatic heterocycles. The Balaban J connectivity index is 2.05. The molecule has 1 N–H and O–H groups in total. The lowest BCUT2D eigenvalue weighted by Gasteiger charge is -2.22. The van der Waals surface area contributed by atoms with Gasteiger partial charge >= 0.3 is 6.18 Å². The number of alkyl halides is 3. The van der Waals surface area contributed by atoms with Gasteiger partial charge in [0.15, 0.2) is 0 Å². The second kappa shape index (κ2) is 6.51. The standard InChI is InChI=1S/C12H13F3N4O2S/c1-7-2-17-8(3-16-7)11(21)19-6-22-4-9(19)10(20)18-5-12(13,14)15/h2-3,9H,4-6H2,1H3,(H,18,20)/t9-/m1/s1. The minimum atomic E-state index is -4.49. The first-order valence-corrected chi connectivity index (χ1v) is 7.45. The minimum Gasteiger partial charge on any atom is -0.345 e. The number of aryl methyl sites for hydroxylation is 1. The molecule has 1 aromatic heterocycles. The van der Waals surface area contributed by atoms with E-state index in [1.165, 1.54) is 29.1 Å². The third kappa shape index (κ3) is 4.09. The van der Waals surface area contributed by atoms with Crippen molar-refractivity contribution >= 4 is 23.6 Å². The first-order chi connectivity index (χ1) is 10.3. The Hall–Kier alpha value is -1.84. The number of carbonyl (C=O) groups excluding carboxylic acids is 2. The molecule has 1 fully saturated rings. The fourth-order valence-electron chi connectivity index (χ4n) is 1.82. The molecule has 0 saturated carbocycles. The van der Waals surface area contributed by atoms with Crippen LogP contribution in [0.3, 0.4) is 0 Å². The van der Waals surface area contributed by atoms with Crippen LogP contribution in [0.2, 0.25) is 0 Å². The molecule has 0 unspecified atom stereocenters. The number of hydrogen-bond acceptors (Lipinski definition) is 5. The van der Waals surface area contributed by atoms with E-state index in [0.29, 0.717) is 5.69 Å². The van der Waals surface area contributed by atoms with Crippen LogP contribution in [0, 0.1) is 6.92 Å². The Bertz CT molecular complexity index is 564. The van der Waals surface area contributed by atoms with Gasteiger partial charge in [-0.2, -0.15) is 13.2 Å². The molecular weight excluding hydrogens is 321 g/mol. The number of halogens is 3. The van der Waals surface area contributed by atoms with Gasteiger partial charge in [0, 0.05) is 11.9 Å². The zero-order valence-corrected chi connectivity index (χ0v) is 12.4. The van der Waals surface area contributed by atoms with E-state index in [0.717, 1.165) is 0 Å². The van der Waals surface area contributed by atoms with Gasteiger partial charge in [0.1, 0.15) is 18.3 Å². The molecule has 0 bridgehead atoms. The summed E-state index contributed by atoms with van der Waals surface area (Å²) in [6.07, 6.45) is -1.79. The van der Waals surface area contributed by atoms with Gasteiger partial charge in [-0.05, 0) is 6.92 Å². The SMILES string of the molecule is Cc1cnc(C(=O)N2CSC[C@@H]2C(=O)NCC(F)(F)F)cn1. The Morgan fingerprint density at radius 3 is 2.73 bits per heavy atom. The van der Waals surface area contributed by atoms with E-state index in [2.05, 4.69) is 9.97 Å². The smallest absolute Gasteiger partial charge is 0.345 e. The summed E-state index contributed by atoms with van der Waals surface area (Å²) in [4.78, 5) is 33.2. The Morgan fingerprint density at radius 1 is 1.41 bits per heavy atom. The summed E-state index contributed by atoms with van der Waals surface area (Å²) in [7, 11) is 0. The van der Waals surface area contributed by atoms with Crippen LogP contribution in [-0.4, -0.2) is 57.1 Å². The third-order valence-corrected chi connectivity index (χ3v) is 3.92. The van der Waals surface area contributed by atoms with Gasteiger partial charge in [0.05, 0.1) is 17.8 Å². The maximum Gasteiger partial charge on any atom is 0.405 e. The Morgan fingerprint density at radius 2 is 2.14 bits per heavy atom. The molecule has 1 aliphatic rings. The highest BCUT2D eigenvalue weighted by Gasteiger charge is 2.37. The van der Waals surface area contributed by atoms with Crippen LogP contribution in [-0.2, 0) is 4.79 Å². The largest absolute Gasteiger partial charge is 0.405 e. The molecule has 120 valence electrons. The number of rotatable bonds is 3. The van der Waals surface area contributed by atoms with Gasteiger partial charge in [-0.3, -0.25) is 14.6 Å². The monoisotopic (exact) mass is 334 g/mol. The normalized spacial score (nSPS) is 18.4.